The largest absolute Gasteiger partial charge is 0.508 e. The normalized spacial score (nSPS) is 12.9. The molecular weight excluding hydrogens is 234 g/mol. The molecule has 0 bridgehead atoms. The van der Waals surface area contributed by atoms with Gasteiger partial charge in [0.25, 0.3) is 0 Å². The number of carboxylic acid groups (broad SMARTS) is 1. The zero-order valence-electron chi connectivity index (χ0n) is 10.8. The topological polar surface area (TPSA) is 81.0 Å². The molecule has 100 valence electrons. The van der Waals surface area contributed by atoms with Crippen molar-refractivity contribution in [1.29, 1.82) is 0 Å². The number of carboxylic acids is 1. The van der Waals surface area contributed by atoms with E-state index in [1.807, 2.05) is 20.8 Å². The third-order valence-electron chi connectivity index (χ3n) is 2.89. The fourth-order valence-electron chi connectivity index (χ4n) is 1.97. The lowest BCUT2D eigenvalue weighted by molar-refractivity contribution is -0.139. The van der Waals surface area contributed by atoms with E-state index in [9.17, 15) is 15.0 Å². The molecule has 3 N–H and O–H groups in total. The zero-order chi connectivity index (χ0) is 13.9. The molecule has 0 amide bonds. The molecule has 18 heavy (non-hydrogen) atoms. The SMILES string of the molecule is CC(C)N(CC(=O)O)C(C)c1cc(O)cc(O)c1. The first-order chi connectivity index (χ1) is 8.31. The highest BCUT2D eigenvalue weighted by molar-refractivity contribution is 5.69. The highest BCUT2D eigenvalue weighted by Gasteiger charge is 2.21. The molecule has 0 saturated carbocycles. The van der Waals surface area contributed by atoms with Crippen molar-refractivity contribution in [2.45, 2.75) is 32.9 Å². The van der Waals surface area contributed by atoms with Crippen molar-refractivity contribution in [1.82, 2.24) is 4.90 Å². The summed E-state index contributed by atoms with van der Waals surface area (Å²) < 4.78 is 0. The predicted octanol–water partition coefficient (Wildman–Crippen LogP) is 1.95. The lowest BCUT2D eigenvalue weighted by atomic mass is 10.0. The van der Waals surface area contributed by atoms with Crippen LogP contribution in [0.25, 0.3) is 0 Å². The van der Waals surface area contributed by atoms with E-state index in [4.69, 9.17) is 5.11 Å². The number of aromatic hydroxyl groups is 2. The van der Waals surface area contributed by atoms with Gasteiger partial charge < -0.3 is 15.3 Å². The lowest BCUT2D eigenvalue weighted by Crippen LogP contribution is -2.37. The number of hydrogen-bond donors (Lipinski definition) is 3. The fraction of sp³-hybridized carbons (Fsp3) is 0.462. The second-order valence-corrected chi connectivity index (χ2v) is 4.62. The van der Waals surface area contributed by atoms with E-state index in [1.165, 1.54) is 18.2 Å². The molecule has 0 heterocycles. The summed E-state index contributed by atoms with van der Waals surface area (Å²) in [6, 6.07) is 4.13. The Morgan fingerprint density at radius 3 is 2.06 bits per heavy atom. The van der Waals surface area contributed by atoms with Crippen molar-refractivity contribution < 1.29 is 20.1 Å². The van der Waals surface area contributed by atoms with Gasteiger partial charge in [0.2, 0.25) is 0 Å². The number of aliphatic carboxylic acids is 1. The molecule has 5 heteroatoms. The van der Waals surface area contributed by atoms with E-state index in [2.05, 4.69) is 0 Å². The molecule has 1 rings (SSSR count). The van der Waals surface area contributed by atoms with Crippen LogP contribution in [0.1, 0.15) is 32.4 Å². The van der Waals surface area contributed by atoms with Crippen molar-refractivity contribution in [2.24, 2.45) is 0 Å². The lowest BCUT2D eigenvalue weighted by Gasteiger charge is -2.31. The molecule has 0 spiro atoms. The summed E-state index contributed by atoms with van der Waals surface area (Å²) in [5.41, 5.74) is 0.683. The van der Waals surface area contributed by atoms with Crippen molar-refractivity contribution in [3.63, 3.8) is 0 Å². The molecule has 0 aliphatic heterocycles. The van der Waals surface area contributed by atoms with Gasteiger partial charge in [0.1, 0.15) is 11.5 Å². The Labute approximate surface area is 106 Å². The van der Waals surface area contributed by atoms with Gasteiger partial charge >= 0.3 is 5.97 Å². The number of benzene rings is 1. The summed E-state index contributed by atoms with van der Waals surface area (Å²) in [7, 11) is 0. The first-order valence-corrected chi connectivity index (χ1v) is 5.81. The molecule has 5 nitrogen and oxygen atoms in total. The molecular formula is C13H19NO4. The van der Waals surface area contributed by atoms with Crippen molar-refractivity contribution >= 4 is 5.97 Å². The Bertz CT molecular complexity index is 411. The molecule has 1 aromatic carbocycles. The molecule has 1 unspecified atom stereocenters. The molecule has 0 aliphatic carbocycles. The summed E-state index contributed by atoms with van der Waals surface area (Å²) >= 11 is 0. The van der Waals surface area contributed by atoms with Crippen LogP contribution in [0.15, 0.2) is 18.2 Å². The van der Waals surface area contributed by atoms with Crippen molar-refractivity contribution in [2.75, 3.05) is 6.54 Å². The first kappa shape index (κ1) is 14.3. The van der Waals surface area contributed by atoms with Gasteiger partial charge in [-0.1, -0.05) is 0 Å². The molecule has 1 atom stereocenters. The van der Waals surface area contributed by atoms with Gasteiger partial charge in [-0.05, 0) is 38.5 Å². The predicted molar refractivity (Wildman–Crippen MR) is 67.7 cm³/mol. The van der Waals surface area contributed by atoms with E-state index >= 15 is 0 Å². The van der Waals surface area contributed by atoms with Crippen LogP contribution in [0.4, 0.5) is 0 Å². The van der Waals surface area contributed by atoms with Crippen LogP contribution in [0, 0.1) is 0 Å². The Morgan fingerprint density at radius 2 is 1.67 bits per heavy atom. The van der Waals surface area contributed by atoms with Gasteiger partial charge in [-0.25, -0.2) is 0 Å². The minimum absolute atomic E-state index is 0.0316. The van der Waals surface area contributed by atoms with Crippen LogP contribution < -0.4 is 0 Å². The summed E-state index contributed by atoms with van der Waals surface area (Å²) in [6.07, 6.45) is 0. The molecule has 0 aromatic heterocycles. The van der Waals surface area contributed by atoms with Gasteiger partial charge in [0, 0.05) is 18.2 Å². The Balaban J connectivity index is 3.01. The highest BCUT2D eigenvalue weighted by atomic mass is 16.4. The fourth-order valence-corrected chi connectivity index (χ4v) is 1.97. The summed E-state index contributed by atoms with van der Waals surface area (Å²) in [6.45, 7) is 5.57. The van der Waals surface area contributed by atoms with Crippen LogP contribution in [0.3, 0.4) is 0 Å². The monoisotopic (exact) mass is 253 g/mol. The average Bonchev–Trinajstić information content (AvgIpc) is 2.23. The highest BCUT2D eigenvalue weighted by Crippen LogP contribution is 2.29. The van der Waals surface area contributed by atoms with Gasteiger partial charge in [-0.15, -0.1) is 0 Å². The maximum absolute atomic E-state index is 10.8. The Morgan fingerprint density at radius 1 is 1.17 bits per heavy atom. The summed E-state index contributed by atoms with van der Waals surface area (Å²) in [5.74, 6) is -0.966. The third-order valence-corrected chi connectivity index (χ3v) is 2.89. The number of phenols is 2. The molecule has 0 radical (unpaired) electrons. The van der Waals surface area contributed by atoms with Crippen molar-refractivity contribution in [3.8, 4) is 11.5 Å². The van der Waals surface area contributed by atoms with E-state index < -0.39 is 5.97 Å². The maximum atomic E-state index is 10.8. The van der Waals surface area contributed by atoms with Crippen LogP contribution in [-0.2, 0) is 4.79 Å². The van der Waals surface area contributed by atoms with Gasteiger partial charge in [0.05, 0.1) is 6.54 Å². The standard InChI is InChI=1S/C13H19NO4/c1-8(2)14(7-13(17)18)9(3)10-4-11(15)6-12(16)5-10/h4-6,8-9,15-16H,7H2,1-3H3,(H,17,18). The minimum Gasteiger partial charge on any atom is -0.508 e. The van der Waals surface area contributed by atoms with Crippen LogP contribution in [0.2, 0.25) is 0 Å². The average molecular weight is 253 g/mol. The van der Waals surface area contributed by atoms with E-state index in [0.29, 0.717) is 5.56 Å². The zero-order valence-corrected chi connectivity index (χ0v) is 10.8. The van der Waals surface area contributed by atoms with E-state index in [-0.39, 0.29) is 30.1 Å². The Kier molecular flexibility index (Phi) is 4.55. The second kappa shape index (κ2) is 5.73. The van der Waals surface area contributed by atoms with E-state index in [1.54, 1.807) is 4.90 Å². The Hall–Kier alpha value is -1.75. The number of carbonyl (C=O) groups is 1. The summed E-state index contributed by atoms with van der Waals surface area (Å²) in [5, 5.41) is 27.8. The number of nitrogens with zero attached hydrogens (tertiary/aromatic N) is 1. The molecule has 0 aliphatic rings. The molecule has 0 saturated heterocycles. The quantitative estimate of drug-likeness (QED) is 0.747. The second-order valence-electron chi connectivity index (χ2n) is 4.62. The number of phenolic OH excluding ortho intramolecular Hbond substituents is 2. The van der Waals surface area contributed by atoms with Crippen LogP contribution in [0.5, 0.6) is 11.5 Å². The van der Waals surface area contributed by atoms with Gasteiger partial charge in [0.15, 0.2) is 0 Å². The summed E-state index contributed by atoms with van der Waals surface area (Å²) in [4.78, 5) is 12.6. The minimum atomic E-state index is -0.903. The van der Waals surface area contributed by atoms with Crippen LogP contribution in [-0.4, -0.2) is 38.8 Å². The molecule has 0 fully saturated rings. The molecule has 1 aromatic rings. The van der Waals surface area contributed by atoms with E-state index in [0.717, 1.165) is 0 Å². The first-order valence-electron chi connectivity index (χ1n) is 5.81. The maximum Gasteiger partial charge on any atom is 0.317 e. The van der Waals surface area contributed by atoms with Crippen LogP contribution >= 0.6 is 0 Å². The smallest absolute Gasteiger partial charge is 0.317 e. The van der Waals surface area contributed by atoms with Gasteiger partial charge in [-0.2, -0.15) is 0 Å². The van der Waals surface area contributed by atoms with Gasteiger partial charge in [-0.3, -0.25) is 9.69 Å². The third kappa shape index (κ3) is 3.63. The number of rotatable bonds is 5. The van der Waals surface area contributed by atoms with Crippen molar-refractivity contribution in [3.05, 3.63) is 23.8 Å². The number of hydrogen-bond acceptors (Lipinski definition) is 4.